The average molecular weight is 331 g/mol. The number of carbonyl (C=O) groups excluding carboxylic acids is 1. The first-order valence-corrected chi connectivity index (χ1v) is 5.89. The Morgan fingerprint density at radius 2 is 1.73 bits per heavy atom. The van der Waals surface area contributed by atoms with E-state index in [0.29, 0.717) is 30.8 Å². The van der Waals surface area contributed by atoms with Crippen molar-refractivity contribution < 1.29 is 4.79 Å². The normalized spacial score (nSPS) is 10.3. The predicted molar refractivity (Wildman–Crippen MR) is 68.2 cm³/mol. The molecule has 1 aromatic rings. The summed E-state index contributed by atoms with van der Waals surface area (Å²) in [6, 6.07) is 0. The number of rotatable bonds is 1. The third-order valence-electron chi connectivity index (χ3n) is 1.78. The second kappa shape index (κ2) is 4.91. The van der Waals surface area contributed by atoms with E-state index >= 15 is 0 Å². The molecule has 82 valence electrons. The van der Waals surface area contributed by atoms with E-state index in [1.165, 1.54) is 6.92 Å². The molecule has 15 heavy (non-hydrogen) atoms. The van der Waals surface area contributed by atoms with Gasteiger partial charge < -0.3 is 5.32 Å². The molecule has 1 amide bonds. The molecule has 0 atom stereocenters. The molecular weight excluding hydrogens is 324 g/mol. The Kier molecular flexibility index (Phi) is 4.29. The van der Waals surface area contributed by atoms with Crippen LogP contribution < -0.4 is 5.32 Å². The van der Waals surface area contributed by atoms with Crippen LogP contribution in [0.15, 0.2) is 4.47 Å². The summed E-state index contributed by atoms with van der Waals surface area (Å²) in [5.74, 6) is -0.243. The molecule has 0 heterocycles. The SMILES string of the molecule is CC(=O)Nc1c(Cl)c(C)c(Cl)c(Br)c1Cl. The average Bonchev–Trinajstić information content (AvgIpc) is 2.18. The van der Waals surface area contributed by atoms with Crippen molar-refractivity contribution in [3.8, 4) is 0 Å². The van der Waals surface area contributed by atoms with Crippen LogP contribution >= 0.6 is 50.7 Å². The smallest absolute Gasteiger partial charge is 0.221 e. The second-order valence-corrected chi connectivity index (χ2v) is 4.86. The Hall–Kier alpha value is 0.0400. The maximum atomic E-state index is 10.9. The second-order valence-electron chi connectivity index (χ2n) is 2.94. The fourth-order valence-electron chi connectivity index (χ4n) is 1.04. The van der Waals surface area contributed by atoms with E-state index in [1.54, 1.807) is 6.92 Å². The Bertz CT molecular complexity index is 405. The molecule has 0 spiro atoms. The van der Waals surface area contributed by atoms with Gasteiger partial charge in [-0.25, -0.2) is 0 Å². The van der Waals surface area contributed by atoms with Crippen LogP contribution in [0.4, 0.5) is 5.69 Å². The molecule has 0 radical (unpaired) electrons. The summed E-state index contributed by atoms with van der Waals surface area (Å²) in [7, 11) is 0. The summed E-state index contributed by atoms with van der Waals surface area (Å²) in [4.78, 5) is 10.9. The van der Waals surface area contributed by atoms with E-state index in [2.05, 4.69) is 21.2 Å². The molecule has 2 nitrogen and oxygen atoms in total. The van der Waals surface area contributed by atoms with Crippen molar-refractivity contribution in [2.45, 2.75) is 13.8 Å². The van der Waals surface area contributed by atoms with Crippen LogP contribution in [-0.4, -0.2) is 5.91 Å². The van der Waals surface area contributed by atoms with Crippen LogP contribution in [0.1, 0.15) is 12.5 Å². The van der Waals surface area contributed by atoms with Crippen molar-refractivity contribution in [1.82, 2.24) is 0 Å². The van der Waals surface area contributed by atoms with Crippen molar-refractivity contribution in [2.24, 2.45) is 0 Å². The fraction of sp³-hybridized carbons (Fsp3) is 0.222. The third kappa shape index (κ3) is 2.59. The van der Waals surface area contributed by atoms with Crippen molar-refractivity contribution in [3.63, 3.8) is 0 Å². The number of carbonyl (C=O) groups is 1. The van der Waals surface area contributed by atoms with Crippen LogP contribution in [-0.2, 0) is 4.79 Å². The van der Waals surface area contributed by atoms with Gasteiger partial charge in [-0.1, -0.05) is 34.8 Å². The van der Waals surface area contributed by atoms with Crippen molar-refractivity contribution in [1.29, 1.82) is 0 Å². The van der Waals surface area contributed by atoms with Gasteiger partial charge in [0.05, 0.1) is 25.2 Å². The third-order valence-corrected chi connectivity index (χ3v) is 4.36. The Balaban J connectivity index is 3.45. The molecule has 0 aliphatic heterocycles. The largest absolute Gasteiger partial charge is 0.324 e. The van der Waals surface area contributed by atoms with Crippen molar-refractivity contribution in [2.75, 3.05) is 5.32 Å². The van der Waals surface area contributed by atoms with Gasteiger partial charge in [-0.15, -0.1) is 0 Å². The lowest BCUT2D eigenvalue weighted by Gasteiger charge is -2.13. The molecule has 0 unspecified atom stereocenters. The highest BCUT2D eigenvalue weighted by atomic mass is 79.9. The molecule has 0 aromatic heterocycles. The van der Waals surface area contributed by atoms with E-state index in [4.69, 9.17) is 34.8 Å². The molecular formula is C9H7BrCl3NO. The minimum absolute atomic E-state index is 0.243. The Morgan fingerprint density at radius 1 is 1.20 bits per heavy atom. The van der Waals surface area contributed by atoms with Gasteiger partial charge in [0.15, 0.2) is 0 Å². The number of hydrogen-bond acceptors (Lipinski definition) is 1. The van der Waals surface area contributed by atoms with Crippen molar-refractivity contribution in [3.05, 3.63) is 25.1 Å². The number of nitrogens with one attached hydrogen (secondary N) is 1. The Labute approximate surface area is 111 Å². The van der Waals surface area contributed by atoms with Crippen LogP contribution in [0.5, 0.6) is 0 Å². The van der Waals surface area contributed by atoms with Gasteiger partial charge in [-0.2, -0.15) is 0 Å². The van der Waals surface area contributed by atoms with Gasteiger partial charge in [0.1, 0.15) is 0 Å². The van der Waals surface area contributed by atoms with Gasteiger partial charge in [0.25, 0.3) is 0 Å². The number of benzene rings is 1. The van der Waals surface area contributed by atoms with E-state index in [-0.39, 0.29) is 5.91 Å². The highest BCUT2D eigenvalue weighted by Gasteiger charge is 2.17. The number of amides is 1. The first-order valence-electron chi connectivity index (χ1n) is 3.96. The highest BCUT2D eigenvalue weighted by molar-refractivity contribution is 9.10. The van der Waals surface area contributed by atoms with E-state index in [9.17, 15) is 4.79 Å². The summed E-state index contributed by atoms with van der Waals surface area (Å²) in [5.41, 5.74) is 1.04. The van der Waals surface area contributed by atoms with E-state index in [1.807, 2.05) is 0 Å². The molecule has 0 saturated heterocycles. The molecule has 0 fully saturated rings. The first kappa shape index (κ1) is 13.1. The van der Waals surface area contributed by atoms with Gasteiger partial charge >= 0.3 is 0 Å². The van der Waals surface area contributed by atoms with Crippen LogP contribution in [0.2, 0.25) is 15.1 Å². The molecule has 0 saturated carbocycles. The van der Waals surface area contributed by atoms with Gasteiger partial charge in [-0.3, -0.25) is 4.79 Å². The molecule has 6 heteroatoms. The predicted octanol–water partition coefficient (Wildman–Crippen LogP) is 4.68. The standard InChI is InChI=1S/C9H7BrCl3NO/c1-3-6(11)5(10)8(13)9(7(3)12)14-4(2)15/h1-2H3,(H,14,15). The molecule has 1 N–H and O–H groups in total. The van der Waals surface area contributed by atoms with E-state index < -0.39 is 0 Å². The van der Waals surface area contributed by atoms with Gasteiger partial charge in [0.2, 0.25) is 5.91 Å². The highest BCUT2D eigenvalue weighted by Crippen LogP contribution is 2.44. The fourth-order valence-corrected chi connectivity index (χ4v) is 2.34. The first-order chi connectivity index (χ1) is 6.86. The number of hydrogen-bond donors (Lipinski definition) is 1. The molecule has 0 bridgehead atoms. The van der Waals surface area contributed by atoms with Crippen LogP contribution in [0.3, 0.4) is 0 Å². The van der Waals surface area contributed by atoms with Crippen LogP contribution in [0.25, 0.3) is 0 Å². The summed E-state index contributed by atoms with van der Waals surface area (Å²) in [5, 5.41) is 3.65. The maximum Gasteiger partial charge on any atom is 0.221 e. The Morgan fingerprint density at radius 3 is 2.20 bits per heavy atom. The summed E-state index contributed by atoms with van der Waals surface area (Å²) >= 11 is 21.2. The molecule has 0 aliphatic carbocycles. The number of anilines is 1. The summed E-state index contributed by atoms with van der Waals surface area (Å²) < 4.78 is 0.525. The lowest BCUT2D eigenvalue weighted by molar-refractivity contribution is -0.114. The molecule has 1 aromatic carbocycles. The van der Waals surface area contributed by atoms with Crippen molar-refractivity contribution >= 4 is 62.3 Å². The lowest BCUT2D eigenvalue weighted by Crippen LogP contribution is -2.07. The topological polar surface area (TPSA) is 29.1 Å². The zero-order valence-electron chi connectivity index (χ0n) is 7.92. The quantitative estimate of drug-likeness (QED) is 0.588. The zero-order valence-corrected chi connectivity index (χ0v) is 11.8. The minimum Gasteiger partial charge on any atom is -0.324 e. The lowest BCUT2D eigenvalue weighted by atomic mass is 10.2. The van der Waals surface area contributed by atoms with Crippen LogP contribution in [0, 0.1) is 6.92 Å². The van der Waals surface area contributed by atoms with Gasteiger partial charge in [-0.05, 0) is 28.4 Å². The summed E-state index contributed by atoms with van der Waals surface area (Å²) in [6.07, 6.45) is 0. The minimum atomic E-state index is -0.243. The van der Waals surface area contributed by atoms with E-state index in [0.717, 1.165) is 0 Å². The molecule has 0 aliphatic rings. The van der Waals surface area contributed by atoms with Gasteiger partial charge in [0, 0.05) is 6.92 Å². The zero-order chi connectivity index (χ0) is 11.7. The monoisotopic (exact) mass is 329 g/mol. The number of halogens is 4. The molecule has 1 rings (SSSR count). The summed E-state index contributed by atoms with van der Waals surface area (Å²) in [6.45, 7) is 3.13. The maximum absolute atomic E-state index is 10.9.